The molecule has 1 rings (SSSR count). The summed E-state index contributed by atoms with van der Waals surface area (Å²) in [5, 5.41) is 0. The summed E-state index contributed by atoms with van der Waals surface area (Å²) in [4.78, 5) is 13.5. The lowest BCUT2D eigenvalue weighted by atomic mass is 10.1. The van der Waals surface area contributed by atoms with Crippen molar-refractivity contribution in [2.24, 2.45) is 5.84 Å². The lowest BCUT2D eigenvalue weighted by Crippen LogP contribution is -2.31. The smallest absolute Gasteiger partial charge is 0.238 e. The fourth-order valence-corrected chi connectivity index (χ4v) is 1.94. The van der Waals surface area contributed by atoms with Crippen molar-refractivity contribution >= 4 is 5.91 Å². The summed E-state index contributed by atoms with van der Waals surface area (Å²) in [6, 6.07) is 8.06. The van der Waals surface area contributed by atoms with Gasteiger partial charge in [-0.2, -0.15) is 0 Å². The molecule has 5 nitrogen and oxygen atoms in total. The van der Waals surface area contributed by atoms with Crippen molar-refractivity contribution in [3.8, 4) is 0 Å². The third-order valence-corrected chi connectivity index (χ3v) is 3.16. The normalized spacial score (nSPS) is 10.8. The van der Waals surface area contributed by atoms with Gasteiger partial charge in [-0.25, -0.2) is 5.84 Å². The Morgan fingerprint density at radius 1 is 1.25 bits per heavy atom. The van der Waals surface area contributed by atoms with Crippen molar-refractivity contribution in [1.82, 2.24) is 10.3 Å². The highest BCUT2D eigenvalue weighted by atomic mass is 16.5. The van der Waals surface area contributed by atoms with Gasteiger partial charge in [-0.05, 0) is 24.6 Å². The maximum Gasteiger partial charge on any atom is 0.238 e. The second kappa shape index (κ2) is 9.47. The number of likely N-dealkylation sites (N-methyl/N-ethyl adjacent to an activating group) is 1. The minimum atomic E-state index is -0.176. The van der Waals surface area contributed by atoms with E-state index >= 15 is 0 Å². The quantitative estimate of drug-likeness (QED) is 0.307. The first-order chi connectivity index (χ1) is 9.69. The minimum Gasteiger partial charge on any atom is -0.380 e. The average Bonchev–Trinajstić information content (AvgIpc) is 2.48. The van der Waals surface area contributed by atoms with Crippen LogP contribution in [0.25, 0.3) is 0 Å². The van der Waals surface area contributed by atoms with Crippen molar-refractivity contribution in [2.45, 2.75) is 26.8 Å². The van der Waals surface area contributed by atoms with Crippen LogP contribution in [0.15, 0.2) is 24.3 Å². The summed E-state index contributed by atoms with van der Waals surface area (Å²) in [5.41, 5.74) is 4.34. The molecule has 0 aliphatic rings. The maximum atomic E-state index is 11.2. The number of hydrogen-bond donors (Lipinski definition) is 2. The van der Waals surface area contributed by atoms with E-state index in [2.05, 4.69) is 29.4 Å². The van der Waals surface area contributed by atoms with Crippen molar-refractivity contribution in [2.75, 3.05) is 26.3 Å². The Balaban J connectivity index is 2.48. The number of ether oxygens (including phenoxy) is 1. The molecular formula is C15H25N3O2. The van der Waals surface area contributed by atoms with E-state index in [4.69, 9.17) is 10.6 Å². The standard InChI is InChI=1S/C15H25N3O2/c1-3-18(9-10-20-4-2)12-14-7-5-13(6-8-14)11-15(19)17-16/h5-8H,3-4,9-12,16H2,1-2H3,(H,17,19). The monoisotopic (exact) mass is 279 g/mol. The highest BCUT2D eigenvalue weighted by Crippen LogP contribution is 2.08. The second-order valence-corrected chi connectivity index (χ2v) is 4.63. The minimum absolute atomic E-state index is 0.176. The first-order valence-corrected chi connectivity index (χ1v) is 7.07. The van der Waals surface area contributed by atoms with E-state index < -0.39 is 0 Å². The number of hydrazine groups is 1. The molecule has 1 aromatic carbocycles. The molecule has 1 aromatic rings. The molecular weight excluding hydrogens is 254 g/mol. The molecule has 0 heterocycles. The van der Waals surface area contributed by atoms with E-state index in [0.29, 0.717) is 6.42 Å². The van der Waals surface area contributed by atoms with Gasteiger partial charge in [0.2, 0.25) is 5.91 Å². The van der Waals surface area contributed by atoms with Gasteiger partial charge in [-0.1, -0.05) is 31.2 Å². The largest absolute Gasteiger partial charge is 0.380 e. The predicted molar refractivity (Wildman–Crippen MR) is 79.9 cm³/mol. The zero-order valence-corrected chi connectivity index (χ0v) is 12.4. The zero-order valence-electron chi connectivity index (χ0n) is 12.4. The number of nitrogens with zero attached hydrogens (tertiary/aromatic N) is 1. The lowest BCUT2D eigenvalue weighted by Gasteiger charge is -2.20. The van der Waals surface area contributed by atoms with Crippen LogP contribution in [0.4, 0.5) is 0 Å². The van der Waals surface area contributed by atoms with Crippen molar-refractivity contribution in [1.29, 1.82) is 0 Å². The van der Waals surface area contributed by atoms with Crippen molar-refractivity contribution in [3.05, 3.63) is 35.4 Å². The van der Waals surface area contributed by atoms with Crippen LogP contribution in [0, 0.1) is 0 Å². The van der Waals surface area contributed by atoms with Crippen LogP contribution in [0.2, 0.25) is 0 Å². The molecule has 0 aliphatic heterocycles. The van der Waals surface area contributed by atoms with Crippen LogP contribution in [-0.4, -0.2) is 37.1 Å². The molecule has 5 heteroatoms. The summed E-state index contributed by atoms with van der Waals surface area (Å²) < 4.78 is 5.38. The molecule has 0 aromatic heterocycles. The van der Waals surface area contributed by atoms with Gasteiger partial charge in [-0.15, -0.1) is 0 Å². The average molecular weight is 279 g/mol. The second-order valence-electron chi connectivity index (χ2n) is 4.63. The Morgan fingerprint density at radius 2 is 1.90 bits per heavy atom. The molecule has 112 valence electrons. The topological polar surface area (TPSA) is 67.6 Å². The summed E-state index contributed by atoms with van der Waals surface area (Å²) >= 11 is 0. The lowest BCUT2D eigenvalue weighted by molar-refractivity contribution is -0.120. The molecule has 3 N–H and O–H groups in total. The van der Waals surface area contributed by atoms with Gasteiger partial charge in [0.25, 0.3) is 0 Å². The number of hydrogen-bond acceptors (Lipinski definition) is 4. The van der Waals surface area contributed by atoms with E-state index in [1.54, 1.807) is 0 Å². The van der Waals surface area contributed by atoms with E-state index in [1.165, 1.54) is 5.56 Å². The van der Waals surface area contributed by atoms with Gasteiger partial charge in [0, 0.05) is 19.7 Å². The van der Waals surface area contributed by atoms with E-state index in [-0.39, 0.29) is 5.91 Å². The molecule has 0 aliphatic carbocycles. The zero-order chi connectivity index (χ0) is 14.8. The van der Waals surface area contributed by atoms with E-state index in [9.17, 15) is 4.79 Å². The summed E-state index contributed by atoms with van der Waals surface area (Å²) in [6.45, 7) is 8.49. The number of rotatable bonds is 9. The highest BCUT2D eigenvalue weighted by Gasteiger charge is 2.05. The van der Waals surface area contributed by atoms with Crippen LogP contribution < -0.4 is 11.3 Å². The molecule has 0 atom stereocenters. The number of carbonyl (C=O) groups is 1. The molecule has 0 saturated carbocycles. The van der Waals surface area contributed by atoms with Gasteiger partial charge in [0.1, 0.15) is 0 Å². The third-order valence-electron chi connectivity index (χ3n) is 3.16. The van der Waals surface area contributed by atoms with Crippen molar-refractivity contribution in [3.63, 3.8) is 0 Å². The van der Waals surface area contributed by atoms with Gasteiger partial charge in [-0.3, -0.25) is 15.1 Å². The first-order valence-electron chi connectivity index (χ1n) is 7.07. The Morgan fingerprint density at radius 3 is 2.45 bits per heavy atom. The molecule has 0 spiro atoms. The molecule has 0 saturated heterocycles. The SMILES string of the molecule is CCOCCN(CC)Cc1ccc(CC(=O)NN)cc1. The van der Waals surface area contributed by atoms with Gasteiger partial charge in [0.05, 0.1) is 13.0 Å². The maximum absolute atomic E-state index is 11.2. The number of nitrogens with one attached hydrogen (secondary N) is 1. The molecule has 0 bridgehead atoms. The number of amides is 1. The molecule has 0 radical (unpaired) electrons. The summed E-state index contributed by atoms with van der Waals surface area (Å²) in [7, 11) is 0. The van der Waals surface area contributed by atoms with E-state index in [1.807, 2.05) is 19.1 Å². The molecule has 0 unspecified atom stereocenters. The molecule has 1 amide bonds. The fraction of sp³-hybridized carbons (Fsp3) is 0.533. The van der Waals surface area contributed by atoms with Crippen LogP contribution >= 0.6 is 0 Å². The van der Waals surface area contributed by atoms with Crippen molar-refractivity contribution < 1.29 is 9.53 Å². The summed E-state index contributed by atoms with van der Waals surface area (Å²) in [5.74, 6) is 4.90. The third kappa shape index (κ3) is 6.14. The van der Waals surface area contributed by atoms with Gasteiger partial charge in [0.15, 0.2) is 0 Å². The van der Waals surface area contributed by atoms with E-state index in [0.717, 1.165) is 38.4 Å². The highest BCUT2D eigenvalue weighted by molar-refractivity contribution is 5.77. The molecule has 20 heavy (non-hydrogen) atoms. The molecule has 0 fully saturated rings. The van der Waals surface area contributed by atoms with Crippen LogP contribution in [0.1, 0.15) is 25.0 Å². The van der Waals surface area contributed by atoms with Gasteiger partial charge < -0.3 is 4.74 Å². The van der Waals surface area contributed by atoms with Crippen LogP contribution in [-0.2, 0) is 22.5 Å². The van der Waals surface area contributed by atoms with Crippen LogP contribution in [0.5, 0.6) is 0 Å². The number of benzene rings is 1. The van der Waals surface area contributed by atoms with Crippen LogP contribution in [0.3, 0.4) is 0 Å². The fourth-order valence-electron chi connectivity index (χ4n) is 1.94. The number of carbonyl (C=O) groups excluding carboxylic acids is 1. The summed E-state index contributed by atoms with van der Waals surface area (Å²) in [6.07, 6.45) is 0.318. The van der Waals surface area contributed by atoms with Gasteiger partial charge >= 0.3 is 0 Å². The Labute approximate surface area is 121 Å². The Bertz CT molecular complexity index is 393. The Hall–Kier alpha value is -1.43. The first kappa shape index (κ1) is 16.6. The predicted octanol–water partition coefficient (Wildman–Crippen LogP) is 1.08. The number of nitrogens with two attached hydrogens (primary N) is 1. The Kier molecular flexibility index (Phi) is 7.87.